The molecule has 176 valence electrons. The van der Waals surface area contributed by atoms with Crippen LogP contribution in [0.3, 0.4) is 0 Å². The van der Waals surface area contributed by atoms with Gasteiger partial charge in [0, 0.05) is 19.0 Å². The van der Waals surface area contributed by atoms with E-state index in [9.17, 15) is 31.5 Å². The van der Waals surface area contributed by atoms with E-state index in [-0.39, 0.29) is 34.2 Å². The minimum Gasteiger partial charge on any atom is -0.478 e. The molecule has 0 amide bonds. The molecule has 1 fully saturated rings. The number of carboxylic acid groups (broad SMARTS) is 1. The number of nitriles is 1. The van der Waals surface area contributed by atoms with E-state index in [1.54, 1.807) is 11.8 Å². The molecule has 0 unspecified atom stereocenters. The van der Waals surface area contributed by atoms with Crippen molar-refractivity contribution < 1.29 is 31.5 Å². The van der Waals surface area contributed by atoms with Crippen LogP contribution in [0.25, 0.3) is 0 Å². The molecule has 11 heteroatoms. The second-order valence-corrected chi connectivity index (χ2v) is 9.36. The van der Waals surface area contributed by atoms with E-state index in [0.29, 0.717) is 31.5 Å². The monoisotopic (exact) mass is 481 g/mol. The Morgan fingerprint density at radius 3 is 2.42 bits per heavy atom. The van der Waals surface area contributed by atoms with E-state index in [2.05, 4.69) is 10.8 Å². The van der Waals surface area contributed by atoms with E-state index in [0.717, 1.165) is 18.2 Å². The summed E-state index contributed by atoms with van der Waals surface area (Å²) in [6, 6.07) is 8.64. The largest absolute Gasteiger partial charge is 0.478 e. The maximum atomic E-state index is 13.4. The lowest BCUT2D eigenvalue weighted by molar-refractivity contribution is -0.137. The lowest BCUT2D eigenvalue weighted by Crippen LogP contribution is -2.34. The Balaban J connectivity index is 2.07. The van der Waals surface area contributed by atoms with Gasteiger partial charge in [-0.2, -0.15) is 18.4 Å². The summed E-state index contributed by atoms with van der Waals surface area (Å²) in [7, 11) is -4.41. The lowest BCUT2D eigenvalue weighted by Gasteiger charge is -2.33. The standard InChI is InChI=1S/C22H22F3N3O4S/c1-2-15-3-4-16(21(29)30)11-20(15)33(31,32)27-18-12-17(22(23,24)25)5-6-19(18)28-9-7-14(13-26)8-10-28/h3-6,11-12,14,27H,2,7-10H2,1H3,(H,29,30). The highest BCUT2D eigenvalue weighted by Crippen LogP contribution is 2.38. The highest BCUT2D eigenvalue weighted by Gasteiger charge is 2.33. The molecule has 2 aromatic carbocycles. The number of piperidine rings is 1. The predicted molar refractivity (Wildman–Crippen MR) is 116 cm³/mol. The van der Waals surface area contributed by atoms with Gasteiger partial charge in [-0.15, -0.1) is 0 Å². The Labute approximate surface area is 189 Å². The van der Waals surface area contributed by atoms with Gasteiger partial charge in [-0.05, 0) is 55.2 Å². The van der Waals surface area contributed by atoms with Crippen LogP contribution in [-0.4, -0.2) is 32.6 Å². The highest BCUT2D eigenvalue weighted by atomic mass is 32.2. The van der Waals surface area contributed by atoms with Gasteiger partial charge in [0.2, 0.25) is 0 Å². The fraction of sp³-hybridized carbons (Fsp3) is 0.364. The van der Waals surface area contributed by atoms with Crippen molar-refractivity contribution in [2.45, 2.75) is 37.3 Å². The first kappa shape index (κ1) is 24.4. The second-order valence-electron chi connectivity index (χ2n) is 7.71. The Morgan fingerprint density at radius 1 is 1.21 bits per heavy atom. The summed E-state index contributed by atoms with van der Waals surface area (Å²) >= 11 is 0. The van der Waals surface area contributed by atoms with Crippen LogP contribution in [0, 0.1) is 17.2 Å². The Hall–Kier alpha value is -3.26. The number of aromatic carboxylic acids is 1. The number of benzene rings is 2. The van der Waals surface area contributed by atoms with Gasteiger partial charge < -0.3 is 10.0 Å². The SMILES string of the molecule is CCc1ccc(C(=O)O)cc1S(=O)(=O)Nc1cc(C(F)(F)F)ccc1N1CCC(C#N)CC1. The summed E-state index contributed by atoms with van der Waals surface area (Å²) < 4.78 is 68.7. The molecule has 2 N–H and O–H groups in total. The number of rotatable bonds is 6. The molecule has 33 heavy (non-hydrogen) atoms. The summed E-state index contributed by atoms with van der Waals surface area (Å²) in [5.74, 6) is -1.49. The van der Waals surface area contributed by atoms with Crippen LogP contribution in [0.15, 0.2) is 41.3 Å². The first-order valence-electron chi connectivity index (χ1n) is 10.2. The van der Waals surface area contributed by atoms with Crippen LogP contribution in [0.2, 0.25) is 0 Å². The number of carboxylic acids is 1. The van der Waals surface area contributed by atoms with E-state index in [4.69, 9.17) is 5.26 Å². The molecule has 0 bridgehead atoms. The smallest absolute Gasteiger partial charge is 0.416 e. The summed E-state index contributed by atoms with van der Waals surface area (Å²) in [4.78, 5) is 12.8. The van der Waals surface area contributed by atoms with E-state index < -0.39 is 27.7 Å². The van der Waals surface area contributed by atoms with Crippen LogP contribution in [-0.2, 0) is 22.6 Å². The van der Waals surface area contributed by atoms with Crippen molar-refractivity contribution in [2.75, 3.05) is 22.7 Å². The Bertz CT molecular complexity index is 1200. The van der Waals surface area contributed by atoms with E-state index >= 15 is 0 Å². The first-order chi connectivity index (χ1) is 15.5. The number of anilines is 2. The summed E-state index contributed by atoms with van der Waals surface area (Å²) in [5.41, 5.74) is -0.949. The average Bonchev–Trinajstić information content (AvgIpc) is 2.77. The number of aryl methyl sites for hydroxylation is 1. The van der Waals surface area contributed by atoms with Crippen molar-refractivity contribution in [3.8, 4) is 6.07 Å². The third-order valence-corrected chi connectivity index (χ3v) is 7.02. The maximum absolute atomic E-state index is 13.4. The molecule has 1 aliphatic heterocycles. The Kier molecular flexibility index (Phi) is 6.88. The van der Waals surface area contributed by atoms with Crippen LogP contribution < -0.4 is 9.62 Å². The molecule has 3 rings (SSSR count). The number of hydrogen-bond donors (Lipinski definition) is 2. The number of nitrogens with zero attached hydrogens (tertiary/aromatic N) is 2. The molecule has 0 aromatic heterocycles. The Morgan fingerprint density at radius 2 is 1.88 bits per heavy atom. The quantitative estimate of drug-likeness (QED) is 0.628. The normalized spacial score (nSPS) is 15.2. The van der Waals surface area contributed by atoms with Gasteiger partial charge in [0.25, 0.3) is 10.0 Å². The van der Waals surface area contributed by atoms with Crippen LogP contribution >= 0.6 is 0 Å². The fourth-order valence-corrected chi connectivity index (χ4v) is 5.15. The average molecular weight is 481 g/mol. The third kappa shape index (κ3) is 5.39. The van der Waals surface area contributed by atoms with Crippen molar-refractivity contribution in [2.24, 2.45) is 5.92 Å². The van der Waals surface area contributed by atoms with Gasteiger partial charge in [-0.25, -0.2) is 13.2 Å². The van der Waals surface area contributed by atoms with Crippen LogP contribution in [0.5, 0.6) is 0 Å². The third-order valence-electron chi connectivity index (χ3n) is 5.57. The van der Waals surface area contributed by atoms with Crippen LogP contribution in [0.1, 0.15) is 41.3 Å². The molecule has 1 aliphatic rings. The minimum absolute atomic E-state index is 0.165. The zero-order valence-corrected chi connectivity index (χ0v) is 18.5. The number of halogens is 3. The van der Waals surface area contributed by atoms with Crippen molar-refractivity contribution in [1.29, 1.82) is 5.26 Å². The van der Waals surface area contributed by atoms with Gasteiger partial charge in [0.05, 0.1) is 33.5 Å². The molecule has 0 saturated carbocycles. The summed E-state index contributed by atoms with van der Waals surface area (Å²) in [5, 5.41) is 18.3. The number of hydrogen-bond acceptors (Lipinski definition) is 5. The van der Waals surface area contributed by atoms with Gasteiger partial charge in [-0.1, -0.05) is 13.0 Å². The molecular weight excluding hydrogens is 459 g/mol. The molecule has 0 radical (unpaired) electrons. The summed E-state index contributed by atoms with van der Waals surface area (Å²) in [6.45, 7) is 2.45. The number of nitrogens with one attached hydrogen (secondary N) is 1. The maximum Gasteiger partial charge on any atom is 0.416 e. The molecule has 2 aromatic rings. The van der Waals surface area contributed by atoms with E-state index in [1.165, 1.54) is 18.2 Å². The molecule has 1 heterocycles. The van der Waals surface area contributed by atoms with Crippen LogP contribution in [0.4, 0.5) is 24.5 Å². The van der Waals surface area contributed by atoms with Gasteiger partial charge in [-0.3, -0.25) is 4.72 Å². The molecule has 0 aliphatic carbocycles. The second kappa shape index (κ2) is 9.31. The molecule has 7 nitrogen and oxygen atoms in total. The topological polar surface area (TPSA) is 110 Å². The van der Waals surface area contributed by atoms with Gasteiger partial charge in [0.1, 0.15) is 0 Å². The van der Waals surface area contributed by atoms with Gasteiger partial charge in [0.15, 0.2) is 0 Å². The number of sulfonamides is 1. The minimum atomic E-state index is -4.69. The zero-order chi connectivity index (χ0) is 24.4. The molecule has 0 atom stereocenters. The van der Waals surface area contributed by atoms with Gasteiger partial charge >= 0.3 is 12.1 Å². The first-order valence-corrected chi connectivity index (χ1v) is 11.7. The molecular formula is C22H22F3N3O4S. The number of alkyl halides is 3. The molecule has 1 saturated heterocycles. The fourth-order valence-electron chi connectivity index (χ4n) is 3.75. The zero-order valence-electron chi connectivity index (χ0n) is 17.7. The number of carbonyl (C=O) groups is 1. The lowest BCUT2D eigenvalue weighted by atomic mass is 9.98. The predicted octanol–water partition coefficient (Wildman–Crippen LogP) is 4.51. The van der Waals surface area contributed by atoms with Crippen molar-refractivity contribution >= 4 is 27.4 Å². The van der Waals surface area contributed by atoms with E-state index in [1.807, 2.05) is 0 Å². The van der Waals surface area contributed by atoms with Crippen molar-refractivity contribution in [3.63, 3.8) is 0 Å². The van der Waals surface area contributed by atoms with Crippen molar-refractivity contribution in [1.82, 2.24) is 0 Å². The van der Waals surface area contributed by atoms with Crippen molar-refractivity contribution in [3.05, 3.63) is 53.1 Å². The highest BCUT2D eigenvalue weighted by molar-refractivity contribution is 7.92. The molecule has 0 spiro atoms. The summed E-state index contributed by atoms with van der Waals surface area (Å²) in [6.07, 6.45) is -3.41.